The molecule has 0 saturated heterocycles. The third-order valence-electron chi connectivity index (χ3n) is 7.03. The van der Waals surface area contributed by atoms with E-state index in [4.69, 9.17) is 11.6 Å². The molecule has 0 spiro atoms. The number of hydrogen-bond donors (Lipinski definition) is 2. The third kappa shape index (κ3) is 5.42. The van der Waals surface area contributed by atoms with Gasteiger partial charge in [-0.05, 0) is 72.6 Å². The van der Waals surface area contributed by atoms with Crippen LogP contribution >= 0.6 is 11.6 Å². The summed E-state index contributed by atoms with van der Waals surface area (Å²) in [5, 5.41) is 4.39. The molecule has 1 fully saturated rings. The number of carbonyl (C=O) groups excluding carboxylic acids is 2. The molecule has 2 unspecified atom stereocenters. The highest BCUT2D eigenvalue weighted by atomic mass is 35.5. The highest BCUT2D eigenvalue weighted by Gasteiger charge is 2.31. The molecule has 2 aromatic carbocycles. The summed E-state index contributed by atoms with van der Waals surface area (Å²) < 4.78 is 0. The van der Waals surface area contributed by atoms with Gasteiger partial charge in [0.05, 0.1) is 5.02 Å². The maximum absolute atomic E-state index is 12.9. The summed E-state index contributed by atoms with van der Waals surface area (Å²) in [5.41, 5.74) is 3.58. The van der Waals surface area contributed by atoms with E-state index < -0.39 is 0 Å². The first-order valence-electron chi connectivity index (χ1n) is 12.4. The number of aromatic amines is 1. The number of halogens is 1. The third-order valence-corrected chi connectivity index (χ3v) is 7.34. The van der Waals surface area contributed by atoms with Crippen LogP contribution in [0.4, 0.5) is 5.82 Å². The van der Waals surface area contributed by atoms with Gasteiger partial charge in [0.15, 0.2) is 5.78 Å². The number of hydrogen-bond acceptors (Lipinski definition) is 3. The van der Waals surface area contributed by atoms with Gasteiger partial charge in [0.2, 0.25) is 5.91 Å². The molecule has 6 heteroatoms. The van der Waals surface area contributed by atoms with Crippen molar-refractivity contribution in [3.8, 4) is 0 Å². The van der Waals surface area contributed by atoms with Gasteiger partial charge < -0.3 is 10.3 Å². The second-order valence-corrected chi connectivity index (χ2v) is 9.74. The van der Waals surface area contributed by atoms with Crippen LogP contribution in [0.15, 0.2) is 79.1 Å². The molecule has 1 amide bonds. The van der Waals surface area contributed by atoms with Crippen molar-refractivity contribution in [2.75, 3.05) is 5.32 Å². The fourth-order valence-electron chi connectivity index (χ4n) is 5.24. The highest BCUT2D eigenvalue weighted by molar-refractivity contribution is 6.35. The zero-order valence-corrected chi connectivity index (χ0v) is 20.7. The lowest BCUT2D eigenvalue weighted by Gasteiger charge is -2.19. The van der Waals surface area contributed by atoms with Gasteiger partial charge in [-0.2, -0.15) is 0 Å². The Morgan fingerprint density at radius 3 is 2.72 bits per heavy atom. The molecular weight excluding hydrogens is 470 g/mol. The normalized spacial score (nSPS) is 17.6. The average molecular weight is 498 g/mol. The smallest absolute Gasteiger partial charge is 0.225 e. The first-order valence-corrected chi connectivity index (χ1v) is 12.7. The summed E-state index contributed by atoms with van der Waals surface area (Å²) in [6.45, 7) is 0. The topological polar surface area (TPSA) is 74.8 Å². The number of nitrogens with zero attached hydrogens (tertiary/aromatic N) is 1. The standard InChI is InChI=1S/C30H28ClN3O2/c31-26-17-23-25(19-33-27(23)18-24(26)28(35)14-12-20-7-2-1-3-8-20)22-10-6-9-21(22)13-15-30(36)34-29-11-4-5-16-32-29/h1-5,7-8,11-12,14,16-19,21-22,33H,6,9-10,13,15H2,(H,32,34,36)/b14-12+. The number of H-pyrrole nitrogens is 1. The number of ketones is 1. The maximum Gasteiger partial charge on any atom is 0.225 e. The van der Waals surface area contributed by atoms with Crippen LogP contribution in [0.3, 0.4) is 0 Å². The van der Waals surface area contributed by atoms with Crippen LogP contribution < -0.4 is 5.32 Å². The lowest BCUT2D eigenvalue weighted by Crippen LogP contribution is -2.15. The number of benzene rings is 2. The van der Waals surface area contributed by atoms with E-state index in [1.807, 2.05) is 60.8 Å². The molecule has 2 N–H and O–H groups in total. The second-order valence-electron chi connectivity index (χ2n) is 9.33. The summed E-state index contributed by atoms with van der Waals surface area (Å²) in [6, 6.07) is 19.0. The molecule has 4 aromatic rings. The van der Waals surface area contributed by atoms with Gasteiger partial charge in [0.1, 0.15) is 5.82 Å². The van der Waals surface area contributed by atoms with E-state index in [9.17, 15) is 9.59 Å². The van der Waals surface area contributed by atoms with Gasteiger partial charge in [-0.25, -0.2) is 4.98 Å². The molecule has 5 rings (SSSR count). The van der Waals surface area contributed by atoms with Crippen molar-refractivity contribution in [3.05, 3.63) is 101 Å². The van der Waals surface area contributed by atoms with E-state index in [0.717, 1.165) is 42.1 Å². The van der Waals surface area contributed by atoms with Gasteiger partial charge in [-0.15, -0.1) is 0 Å². The zero-order valence-electron chi connectivity index (χ0n) is 19.9. The fourth-order valence-corrected chi connectivity index (χ4v) is 5.49. The predicted octanol–water partition coefficient (Wildman–Crippen LogP) is 7.42. The summed E-state index contributed by atoms with van der Waals surface area (Å²) in [6.07, 6.45) is 11.7. The largest absolute Gasteiger partial charge is 0.361 e. The average Bonchev–Trinajstić information content (AvgIpc) is 3.53. The van der Waals surface area contributed by atoms with Crippen molar-refractivity contribution in [3.63, 3.8) is 0 Å². The lowest BCUT2D eigenvalue weighted by molar-refractivity contribution is -0.116. The number of allylic oxidation sites excluding steroid dienone is 1. The Morgan fingerprint density at radius 1 is 1.08 bits per heavy atom. The Kier molecular flexibility index (Phi) is 7.28. The molecule has 1 aliphatic carbocycles. The number of fused-ring (bicyclic) bond motifs is 1. The Morgan fingerprint density at radius 2 is 1.92 bits per heavy atom. The van der Waals surface area contributed by atoms with Gasteiger partial charge in [-0.3, -0.25) is 9.59 Å². The van der Waals surface area contributed by atoms with E-state index in [1.165, 1.54) is 5.56 Å². The van der Waals surface area contributed by atoms with Gasteiger partial charge >= 0.3 is 0 Å². The number of rotatable bonds is 8. The Bertz CT molecular complexity index is 1400. The minimum absolute atomic E-state index is 0.00645. The van der Waals surface area contributed by atoms with Gasteiger partial charge in [0.25, 0.3) is 0 Å². The van der Waals surface area contributed by atoms with E-state index in [-0.39, 0.29) is 11.7 Å². The number of anilines is 1. The van der Waals surface area contributed by atoms with E-state index in [1.54, 1.807) is 24.4 Å². The summed E-state index contributed by atoms with van der Waals surface area (Å²) in [4.78, 5) is 32.8. The van der Waals surface area contributed by atoms with Crippen LogP contribution in [0.2, 0.25) is 5.02 Å². The van der Waals surface area contributed by atoms with E-state index in [2.05, 4.69) is 15.3 Å². The minimum Gasteiger partial charge on any atom is -0.361 e. The van der Waals surface area contributed by atoms with Gasteiger partial charge in [0, 0.05) is 35.3 Å². The fraction of sp³-hybridized carbons (Fsp3) is 0.233. The molecule has 2 heterocycles. The van der Waals surface area contributed by atoms with Crippen molar-refractivity contribution in [2.24, 2.45) is 5.92 Å². The van der Waals surface area contributed by atoms with Crippen LogP contribution in [-0.2, 0) is 4.79 Å². The molecule has 1 aliphatic rings. The summed E-state index contributed by atoms with van der Waals surface area (Å²) >= 11 is 6.60. The molecule has 36 heavy (non-hydrogen) atoms. The molecule has 2 atom stereocenters. The van der Waals surface area contributed by atoms with Crippen molar-refractivity contribution < 1.29 is 9.59 Å². The van der Waals surface area contributed by atoms with Crippen molar-refractivity contribution >= 4 is 46.1 Å². The molecule has 2 aromatic heterocycles. The number of nitrogens with one attached hydrogen (secondary N) is 2. The first-order chi connectivity index (χ1) is 17.6. The lowest BCUT2D eigenvalue weighted by atomic mass is 9.85. The quantitative estimate of drug-likeness (QED) is 0.196. The molecule has 182 valence electrons. The SMILES string of the molecule is O=C(CCC1CCCC1c1c[nH]c2cc(C(=O)/C=C/c3ccccc3)c(Cl)cc12)Nc1ccccn1. The van der Waals surface area contributed by atoms with E-state index >= 15 is 0 Å². The van der Waals surface area contributed by atoms with Crippen LogP contribution in [0.5, 0.6) is 0 Å². The van der Waals surface area contributed by atoms with Crippen LogP contribution in [0.1, 0.15) is 59.5 Å². The number of amides is 1. The molecule has 1 saturated carbocycles. The molecule has 0 aliphatic heterocycles. The van der Waals surface area contributed by atoms with Crippen LogP contribution in [0.25, 0.3) is 17.0 Å². The highest BCUT2D eigenvalue weighted by Crippen LogP contribution is 2.45. The second kappa shape index (κ2) is 10.9. The monoisotopic (exact) mass is 497 g/mol. The van der Waals surface area contributed by atoms with Crippen LogP contribution in [-0.4, -0.2) is 21.7 Å². The molecule has 0 bridgehead atoms. The molecule has 5 nitrogen and oxygen atoms in total. The molecular formula is C30H28ClN3O2. The van der Waals surface area contributed by atoms with Gasteiger partial charge in [-0.1, -0.05) is 60.5 Å². The minimum atomic E-state index is -0.125. The maximum atomic E-state index is 12.9. The van der Waals surface area contributed by atoms with Crippen molar-refractivity contribution in [2.45, 2.75) is 38.0 Å². The predicted molar refractivity (Wildman–Crippen MR) is 145 cm³/mol. The van der Waals surface area contributed by atoms with E-state index in [0.29, 0.717) is 34.7 Å². The Hall–Kier alpha value is -3.70. The number of carbonyl (C=O) groups is 2. The summed E-state index contributed by atoms with van der Waals surface area (Å²) in [5.74, 6) is 1.23. The van der Waals surface area contributed by atoms with Crippen molar-refractivity contribution in [1.82, 2.24) is 9.97 Å². The Labute approximate surface area is 215 Å². The van der Waals surface area contributed by atoms with Crippen LogP contribution in [0, 0.1) is 5.92 Å². The Balaban J connectivity index is 1.29. The number of pyridine rings is 1. The zero-order chi connectivity index (χ0) is 24.9. The summed E-state index contributed by atoms with van der Waals surface area (Å²) in [7, 11) is 0. The molecule has 0 radical (unpaired) electrons. The number of aromatic nitrogens is 2. The first kappa shape index (κ1) is 24.0. The van der Waals surface area contributed by atoms with Crippen molar-refractivity contribution in [1.29, 1.82) is 0 Å².